The highest BCUT2D eigenvalue weighted by Crippen LogP contribution is 1.83. The molecule has 3 nitrogen and oxygen atoms in total. The first-order valence-electron chi connectivity index (χ1n) is 2.18. The molecular formula is C5H8O3. The van der Waals surface area contributed by atoms with E-state index in [0.29, 0.717) is 0 Å². The zero-order chi connectivity index (χ0) is 6.41. The predicted molar refractivity (Wildman–Crippen MR) is 28.0 cm³/mol. The summed E-state index contributed by atoms with van der Waals surface area (Å²) in [7, 11) is 0. The summed E-state index contributed by atoms with van der Waals surface area (Å²) in [6.07, 6.45) is 1.57. The Bertz CT molecular complexity index is 87.7. The average molecular weight is 116 g/mol. The van der Waals surface area contributed by atoms with Crippen molar-refractivity contribution in [2.75, 3.05) is 6.79 Å². The number of carbonyl (C=O) groups excluding carboxylic acids is 1. The number of rotatable bonds is 3. The SMILES string of the molecule is C=CCC(=O)OCO. The number of aliphatic hydroxyl groups is 1. The molecule has 46 valence electrons. The summed E-state index contributed by atoms with van der Waals surface area (Å²) in [6, 6.07) is 0. The Labute approximate surface area is 47.6 Å². The second-order valence-electron chi connectivity index (χ2n) is 1.14. The lowest BCUT2D eigenvalue weighted by atomic mass is 10.4. The summed E-state index contributed by atoms with van der Waals surface area (Å²) in [5.41, 5.74) is 0. The van der Waals surface area contributed by atoms with E-state index in [1.54, 1.807) is 0 Å². The van der Waals surface area contributed by atoms with Gasteiger partial charge in [0.05, 0.1) is 6.42 Å². The Hall–Kier alpha value is -0.830. The fourth-order valence-electron chi connectivity index (χ4n) is 0.249. The molecule has 0 aromatic heterocycles. The van der Waals surface area contributed by atoms with Crippen molar-refractivity contribution in [2.45, 2.75) is 6.42 Å². The van der Waals surface area contributed by atoms with E-state index in [1.807, 2.05) is 0 Å². The normalized spacial score (nSPS) is 8.12. The Balaban J connectivity index is 3.18. The molecule has 0 rings (SSSR count). The molecule has 0 spiro atoms. The van der Waals surface area contributed by atoms with Gasteiger partial charge in [0.25, 0.3) is 0 Å². The molecule has 0 saturated heterocycles. The number of carbonyl (C=O) groups is 1. The van der Waals surface area contributed by atoms with Gasteiger partial charge in [-0.1, -0.05) is 6.08 Å². The minimum atomic E-state index is -0.549. The largest absolute Gasteiger partial charge is 0.438 e. The van der Waals surface area contributed by atoms with Gasteiger partial charge in [-0.15, -0.1) is 6.58 Å². The molecule has 0 heterocycles. The van der Waals surface area contributed by atoms with Crippen LogP contribution in [0, 0.1) is 0 Å². The lowest BCUT2D eigenvalue weighted by Gasteiger charge is -1.93. The molecule has 0 atom stereocenters. The molecule has 0 saturated carbocycles. The molecule has 3 heteroatoms. The van der Waals surface area contributed by atoms with E-state index in [4.69, 9.17) is 5.11 Å². The van der Waals surface area contributed by atoms with Gasteiger partial charge in [0.2, 0.25) is 0 Å². The molecule has 0 amide bonds. The van der Waals surface area contributed by atoms with Crippen LogP contribution in [-0.4, -0.2) is 17.9 Å². The van der Waals surface area contributed by atoms with Gasteiger partial charge in [0.1, 0.15) is 0 Å². The third-order valence-corrected chi connectivity index (χ3v) is 0.537. The molecule has 0 aliphatic carbocycles. The highest BCUT2D eigenvalue weighted by molar-refractivity contribution is 5.70. The summed E-state index contributed by atoms with van der Waals surface area (Å²) in [6.45, 7) is 2.75. The van der Waals surface area contributed by atoms with Gasteiger partial charge in [-0.2, -0.15) is 0 Å². The highest BCUT2D eigenvalue weighted by atomic mass is 16.6. The quantitative estimate of drug-likeness (QED) is 0.322. The third-order valence-electron chi connectivity index (χ3n) is 0.537. The second-order valence-corrected chi connectivity index (χ2v) is 1.14. The van der Waals surface area contributed by atoms with E-state index < -0.39 is 12.8 Å². The fraction of sp³-hybridized carbons (Fsp3) is 0.400. The molecule has 0 aromatic rings. The van der Waals surface area contributed by atoms with Gasteiger partial charge >= 0.3 is 5.97 Å². The summed E-state index contributed by atoms with van der Waals surface area (Å²) < 4.78 is 4.13. The monoisotopic (exact) mass is 116 g/mol. The van der Waals surface area contributed by atoms with Gasteiger partial charge in [-0.05, 0) is 0 Å². The number of hydrogen-bond donors (Lipinski definition) is 1. The standard InChI is InChI=1S/C5H8O3/c1-2-3-5(7)8-4-6/h2,6H,1,3-4H2. The topological polar surface area (TPSA) is 46.5 Å². The van der Waals surface area contributed by atoms with Crippen LogP contribution in [0.15, 0.2) is 12.7 Å². The number of hydrogen-bond acceptors (Lipinski definition) is 3. The summed E-state index contributed by atoms with van der Waals surface area (Å²) in [5, 5.41) is 7.99. The van der Waals surface area contributed by atoms with Crippen LogP contribution >= 0.6 is 0 Å². The minimum Gasteiger partial charge on any atom is -0.438 e. The molecule has 0 fully saturated rings. The van der Waals surface area contributed by atoms with Crippen molar-refractivity contribution in [3.8, 4) is 0 Å². The molecule has 0 aliphatic heterocycles. The number of ether oxygens (including phenoxy) is 1. The Kier molecular flexibility index (Phi) is 3.88. The van der Waals surface area contributed by atoms with E-state index in [2.05, 4.69) is 11.3 Å². The van der Waals surface area contributed by atoms with Crippen LogP contribution in [0.4, 0.5) is 0 Å². The molecule has 0 aromatic carbocycles. The zero-order valence-corrected chi connectivity index (χ0v) is 4.46. The summed E-state index contributed by atoms with van der Waals surface area (Å²) in [5.74, 6) is -0.456. The van der Waals surface area contributed by atoms with Crippen LogP contribution in [0.25, 0.3) is 0 Å². The van der Waals surface area contributed by atoms with Crippen LogP contribution in [0.1, 0.15) is 6.42 Å². The summed E-state index contributed by atoms with van der Waals surface area (Å²) >= 11 is 0. The van der Waals surface area contributed by atoms with Gasteiger partial charge in [0.15, 0.2) is 6.79 Å². The van der Waals surface area contributed by atoms with Crippen molar-refractivity contribution >= 4 is 5.97 Å². The van der Waals surface area contributed by atoms with Gasteiger partial charge in [0, 0.05) is 0 Å². The molecule has 8 heavy (non-hydrogen) atoms. The molecule has 0 aliphatic rings. The maximum absolute atomic E-state index is 10.2. The van der Waals surface area contributed by atoms with Crippen molar-refractivity contribution in [2.24, 2.45) is 0 Å². The third kappa shape index (κ3) is 3.36. The molecule has 1 N–H and O–H groups in total. The van der Waals surface area contributed by atoms with Gasteiger partial charge in [-0.3, -0.25) is 4.79 Å². The average Bonchev–Trinajstić information content (AvgIpc) is 1.68. The number of aliphatic hydroxyl groups excluding tert-OH is 1. The molecular weight excluding hydrogens is 108 g/mol. The Morgan fingerprint density at radius 1 is 1.88 bits per heavy atom. The zero-order valence-electron chi connectivity index (χ0n) is 4.46. The van der Waals surface area contributed by atoms with Crippen LogP contribution in [0.5, 0.6) is 0 Å². The molecule has 0 unspecified atom stereocenters. The van der Waals surface area contributed by atoms with Crippen molar-refractivity contribution in [1.82, 2.24) is 0 Å². The Morgan fingerprint density at radius 3 is 2.88 bits per heavy atom. The fourth-order valence-corrected chi connectivity index (χ4v) is 0.249. The lowest BCUT2D eigenvalue weighted by molar-refractivity contribution is -0.150. The van der Waals surface area contributed by atoms with E-state index in [1.165, 1.54) is 6.08 Å². The van der Waals surface area contributed by atoms with E-state index >= 15 is 0 Å². The molecule has 0 radical (unpaired) electrons. The van der Waals surface area contributed by atoms with Crippen molar-refractivity contribution < 1.29 is 14.6 Å². The van der Waals surface area contributed by atoms with E-state index in [0.717, 1.165) is 0 Å². The maximum atomic E-state index is 10.2. The highest BCUT2D eigenvalue weighted by Gasteiger charge is 1.93. The smallest absolute Gasteiger partial charge is 0.311 e. The summed E-state index contributed by atoms with van der Waals surface area (Å²) in [4.78, 5) is 10.2. The first-order chi connectivity index (χ1) is 3.81. The predicted octanol–water partition coefficient (Wildman–Crippen LogP) is 0.0555. The van der Waals surface area contributed by atoms with Crippen LogP contribution in [0.2, 0.25) is 0 Å². The Morgan fingerprint density at radius 2 is 2.50 bits per heavy atom. The van der Waals surface area contributed by atoms with Crippen molar-refractivity contribution in [3.63, 3.8) is 0 Å². The van der Waals surface area contributed by atoms with E-state index in [9.17, 15) is 4.79 Å². The molecule has 0 bridgehead atoms. The van der Waals surface area contributed by atoms with Crippen LogP contribution in [-0.2, 0) is 9.53 Å². The van der Waals surface area contributed by atoms with Gasteiger partial charge < -0.3 is 9.84 Å². The van der Waals surface area contributed by atoms with E-state index in [-0.39, 0.29) is 6.42 Å². The first-order valence-corrected chi connectivity index (χ1v) is 2.18. The van der Waals surface area contributed by atoms with Crippen LogP contribution in [0.3, 0.4) is 0 Å². The van der Waals surface area contributed by atoms with Crippen molar-refractivity contribution in [1.29, 1.82) is 0 Å². The van der Waals surface area contributed by atoms with Gasteiger partial charge in [-0.25, -0.2) is 0 Å². The first kappa shape index (κ1) is 7.17. The lowest BCUT2D eigenvalue weighted by Crippen LogP contribution is -2.02. The van der Waals surface area contributed by atoms with Crippen LogP contribution < -0.4 is 0 Å². The maximum Gasteiger partial charge on any atom is 0.311 e. The van der Waals surface area contributed by atoms with Crippen molar-refractivity contribution in [3.05, 3.63) is 12.7 Å². The minimum absolute atomic E-state index is 0.153. The second kappa shape index (κ2) is 4.33. The number of esters is 1.